The number of ether oxygens (including phenoxy) is 1. The Morgan fingerprint density at radius 1 is 1.14 bits per heavy atom. The van der Waals surface area contributed by atoms with E-state index >= 15 is 0 Å². The number of carbonyl (C=O) groups is 1. The number of aromatic nitrogens is 4. The second-order valence-electron chi connectivity index (χ2n) is 6.25. The lowest BCUT2D eigenvalue weighted by atomic mass is 10.2. The van der Waals surface area contributed by atoms with Gasteiger partial charge in [-0.1, -0.05) is 42.1 Å². The van der Waals surface area contributed by atoms with E-state index in [0.717, 1.165) is 21.9 Å². The Kier molecular flexibility index (Phi) is 6.45. The van der Waals surface area contributed by atoms with Crippen LogP contribution in [-0.4, -0.2) is 51.0 Å². The molecule has 2 aromatic heterocycles. The molecular weight excluding hydrogens is 394 g/mol. The van der Waals surface area contributed by atoms with Crippen LogP contribution in [0, 0.1) is 0 Å². The number of methoxy groups -OCH3 is 1. The first kappa shape index (κ1) is 20.7. The molecule has 0 fully saturated rings. The van der Waals surface area contributed by atoms with Crippen LogP contribution in [0.5, 0.6) is 0 Å². The maximum absolute atomic E-state index is 12.8. The molecule has 0 atom stereocenters. The minimum Gasteiger partial charge on any atom is -0.383 e. The fraction of sp³-hybridized carbons (Fsp3) is 0.316. The van der Waals surface area contributed by atoms with Gasteiger partial charge in [0.1, 0.15) is 10.4 Å². The first-order chi connectivity index (χ1) is 13.9. The van der Waals surface area contributed by atoms with E-state index in [-0.39, 0.29) is 22.7 Å². The number of hydrogen-bond donors (Lipinski definition) is 1. The summed E-state index contributed by atoms with van der Waals surface area (Å²) in [7, 11) is 4.51. The zero-order chi connectivity index (χ0) is 21.0. The number of carbonyl (C=O) groups excluding carboxylic acids is 1. The summed E-state index contributed by atoms with van der Waals surface area (Å²) in [6, 6.07) is 9.25. The average molecular weight is 415 g/mol. The fourth-order valence-electron chi connectivity index (χ4n) is 2.73. The van der Waals surface area contributed by atoms with Crippen LogP contribution in [0.2, 0.25) is 0 Å². The molecule has 0 aliphatic rings. The summed E-state index contributed by atoms with van der Waals surface area (Å²) < 4.78 is 7.24. The highest BCUT2D eigenvalue weighted by atomic mass is 32.2. The molecule has 29 heavy (non-hydrogen) atoms. The predicted molar refractivity (Wildman–Crippen MR) is 111 cm³/mol. The van der Waals surface area contributed by atoms with Crippen molar-refractivity contribution in [2.75, 3.05) is 26.0 Å². The van der Waals surface area contributed by atoms with Gasteiger partial charge in [-0.25, -0.2) is 14.8 Å². The molecule has 0 aliphatic carbocycles. The molecule has 0 unspecified atom stereocenters. The van der Waals surface area contributed by atoms with Crippen molar-refractivity contribution in [2.24, 2.45) is 14.1 Å². The van der Waals surface area contributed by atoms with Crippen molar-refractivity contribution in [1.82, 2.24) is 24.4 Å². The molecule has 10 heteroatoms. The SMILES string of the molecule is COCCNC(=O)CSc1nc(-c2ccccc2)nc2c1c(=O)n(C)c(=O)n2C. The van der Waals surface area contributed by atoms with Crippen molar-refractivity contribution in [2.45, 2.75) is 5.03 Å². The van der Waals surface area contributed by atoms with Crippen LogP contribution in [0.25, 0.3) is 22.4 Å². The van der Waals surface area contributed by atoms with Gasteiger partial charge in [0.05, 0.1) is 12.4 Å². The Morgan fingerprint density at radius 2 is 1.86 bits per heavy atom. The molecule has 0 aliphatic heterocycles. The van der Waals surface area contributed by atoms with Gasteiger partial charge in [0.2, 0.25) is 5.91 Å². The first-order valence-corrected chi connectivity index (χ1v) is 9.84. The lowest BCUT2D eigenvalue weighted by Crippen LogP contribution is -2.37. The number of benzene rings is 1. The monoisotopic (exact) mass is 415 g/mol. The van der Waals surface area contributed by atoms with E-state index in [4.69, 9.17) is 4.74 Å². The zero-order valence-corrected chi connectivity index (χ0v) is 17.2. The largest absolute Gasteiger partial charge is 0.383 e. The molecule has 1 aromatic carbocycles. The highest BCUT2D eigenvalue weighted by Gasteiger charge is 2.18. The lowest BCUT2D eigenvalue weighted by molar-refractivity contribution is -0.118. The summed E-state index contributed by atoms with van der Waals surface area (Å²) >= 11 is 1.13. The van der Waals surface area contributed by atoms with Gasteiger partial charge in [-0.2, -0.15) is 0 Å². The van der Waals surface area contributed by atoms with Crippen LogP contribution in [0.3, 0.4) is 0 Å². The Labute approximate surface area is 170 Å². The number of aryl methyl sites for hydroxylation is 1. The molecule has 9 nitrogen and oxygen atoms in total. The van der Waals surface area contributed by atoms with Crippen LogP contribution in [0.15, 0.2) is 44.9 Å². The Morgan fingerprint density at radius 3 is 2.55 bits per heavy atom. The number of thioether (sulfide) groups is 1. The molecule has 1 N–H and O–H groups in total. The quantitative estimate of drug-likeness (QED) is 0.341. The molecule has 2 heterocycles. The van der Waals surface area contributed by atoms with Gasteiger partial charge in [-0.15, -0.1) is 0 Å². The normalized spacial score (nSPS) is 11.0. The van der Waals surface area contributed by atoms with Gasteiger partial charge in [-0.3, -0.25) is 18.7 Å². The molecule has 0 saturated heterocycles. The van der Waals surface area contributed by atoms with Crippen LogP contribution in [0.1, 0.15) is 0 Å². The van der Waals surface area contributed by atoms with E-state index in [1.807, 2.05) is 30.3 Å². The van der Waals surface area contributed by atoms with Crippen molar-refractivity contribution in [1.29, 1.82) is 0 Å². The molecule has 0 radical (unpaired) electrons. The maximum Gasteiger partial charge on any atom is 0.332 e. The van der Waals surface area contributed by atoms with E-state index < -0.39 is 11.2 Å². The molecule has 3 aromatic rings. The predicted octanol–water partition coefficient (Wildman–Crippen LogP) is 0.549. The maximum atomic E-state index is 12.8. The number of hydrogen-bond acceptors (Lipinski definition) is 7. The van der Waals surface area contributed by atoms with E-state index in [0.29, 0.717) is 24.0 Å². The Bertz CT molecular complexity index is 1160. The highest BCUT2D eigenvalue weighted by molar-refractivity contribution is 8.00. The smallest absolute Gasteiger partial charge is 0.332 e. The first-order valence-electron chi connectivity index (χ1n) is 8.85. The molecule has 1 amide bonds. The van der Waals surface area contributed by atoms with Gasteiger partial charge in [-0.05, 0) is 0 Å². The van der Waals surface area contributed by atoms with E-state index in [1.54, 1.807) is 14.2 Å². The third-order valence-electron chi connectivity index (χ3n) is 4.27. The van der Waals surface area contributed by atoms with Crippen molar-refractivity contribution < 1.29 is 9.53 Å². The minimum absolute atomic E-state index is 0.0655. The summed E-state index contributed by atoms with van der Waals surface area (Å²) in [5.74, 6) is 0.237. The Balaban J connectivity index is 2.09. The third-order valence-corrected chi connectivity index (χ3v) is 5.24. The van der Waals surface area contributed by atoms with E-state index in [2.05, 4.69) is 15.3 Å². The van der Waals surface area contributed by atoms with Crippen LogP contribution in [-0.2, 0) is 23.6 Å². The summed E-state index contributed by atoms with van der Waals surface area (Å²) in [5, 5.41) is 3.29. The second kappa shape index (κ2) is 9.01. The molecule has 152 valence electrons. The standard InChI is InChI=1S/C19H21N5O4S/c1-23-16-14(18(26)24(2)19(23)27)17(29-11-13(25)20-9-10-28-3)22-15(21-16)12-7-5-4-6-8-12/h4-8H,9-11H2,1-3H3,(H,20,25). The van der Waals surface area contributed by atoms with Gasteiger partial charge in [0.15, 0.2) is 11.5 Å². The van der Waals surface area contributed by atoms with Crippen molar-refractivity contribution >= 4 is 28.7 Å². The highest BCUT2D eigenvalue weighted by Crippen LogP contribution is 2.25. The van der Waals surface area contributed by atoms with Crippen LogP contribution >= 0.6 is 11.8 Å². The van der Waals surface area contributed by atoms with Crippen LogP contribution in [0.4, 0.5) is 0 Å². The summed E-state index contributed by atoms with van der Waals surface area (Å²) in [6.07, 6.45) is 0. The number of amides is 1. The fourth-order valence-corrected chi connectivity index (χ4v) is 3.57. The number of rotatable bonds is 7. The Hall–Kier alpha value is -2.98. The van der Waals surface area contributed by atoms with Gasteiger partial charge >= 0.3 is 5.69 Å². The van der Waals surface area contributed by atoms with Gasteiger partial charge in [0.25, 0.3) is 5.56 Å². The second-order valence-corrected chi connectivity index (χ2v) is 7.22. The third kappa shape index (κ3) is 4.38. The number of nitrogens with zero attached hydrogens (tertiary/aromatic N) is 4. The minimum atomic E-state index is -0.495. The zero-order valence-electron chi connectivity index (χ0n) is 16.3. The van der Waals surface area contributed by atoms with Gasteiger partial charge in [0, 0.05) is 33.3 Å². The van der Waals surface area contributed by atoms with Crippen LogP contribution < -0.4 is 16.6 Å². The molecular formula is C19H21N5O4S. The average Bonchev–Trinajstić information content (AvgIpc) is 2.75. The molecule has 0 spiro atoms. The topological polar surface area (TPSA) is 108 Å². The summed E-state index contributed by atoms with van der Waals surface area (Å²) in [4.78, 5) is 46.2. The van der Waals surface area contributed by atoms with E-state index in [9.17, 15) is 14.4 Å². The number of nitrogens with one attached hydrogen (secondary N) is 1. The van der Waals surface area contributed by atoms with Crippen molar-refractivity contribution in [3.8, 4) is 11.4 Å². The summed E-state index contributed by atoms with van der Waals surface area (Å²) in [6.45, 7) is 0.805. The van der Waals surface area contributed by atoms with E-state index in [1.165, 1.54) is 11.6 Å². The van der Waals surface area contributed by atoms with Gasteiger partial charge < -0.3 is 10.1 Å². The van der Waals surface area contributed by atoms with Crippen molar-refractivity contribution in [3.05, 3.63) is 51.2 Å². The molecule has 3 rings (SSSR count). The van der Waals surface area contributed by atoms with Crippen molar-refractivity contribution in [3.63, 3.8) is 0 Å². The molecule has 0 saturated carbocycles. The lowest BCUT2D eigenvalue weighted by Gasteiger charge is -2.12. The molecule has 0 bridgehead atoms. The number of fused-ring (bicyclic) bond motifs is 1. The summed E-state index contributed by atoms with van der Waals surface area (Å²) in [5.41, 5.74) is 0.00152.